The van der Waals surface area contributed by atoms with Crippen molar-refractivity contribution in [2.45, 2.75) is 31.7 Å². The maximum atomic E-state index is 6.07. The van der Waals surface area contributed by atoms with E-state index in [2.05, 4.69) is 26.9 Å². The van der Waals surface area contributed by atoms with Gasteiger partial charge in [0.25, 0.3) is 0 Å². The Kier molecular flexibility index (Phi) is 5.19. The van der Waals surface area contributed by atoms with Crippen molar-refractivity contribution in [3.05, 3.63) is 65.7 Å². The van der Waals surface area contributed by atoms with E-state index in [0.29, 0.717) is 12.5 Å². The quantitative estimate of drug-likeness (QED) is 0.632. The molecule has 1 fully saturated rings. The second-order valence-electron chi connectivity index (χ2n) is 7.33. The van der Waals surface area contributed by atoms with Crippen LogP contribution in [0.25, 0.3) is 0 Å². The largest absolute Gasteiger partial charge is 0.497 e. The molecular formula is C22H26N4O2. The molecule has 2 aromatic carbocycles. The first-order chi connectivity index (χ1) is 13.7. The molecule has 146 valence electrons. The van der Waals surface area contributed by atoms with Gasteiger partial charge in [0.1, 0.15) is 23.7 Å². The van der Waals surface area contributed by atoms with Crippen LogP contribution in [0.15, 0.2) is 48.8 Å². The molecule has 1 aliphatic rings. The van der Waals surface area contributed by atoms with Crippen molar-refractivity contribution < 1.29 is 9.47 Å². The fourth-order valence-electron chi connectivity index (χ4n) is 3.95. The second-order valence-corrected chi connectivity index (χ2v) is 7.33. The van der Waals surface area contributed by atoms with Gasteiger partial charge < -0.3 is 19.8 Å². The molecule has 0 radical (unpaired) electrons. The minimum absolute atomic E-state index is 0.198. The molecule has 4 rings (SSSR count). The molecule has 1 saturated carbocycles. The van der Waals surface area contributed by atoms with E-state index in [0.717, 1.165) is 28.6 Å². The highest BCUT2D eigenvalue weighted by molar-refractivity contribution is 5.44. The van der Waals surface area contributed by atoms with Gasteiger partial charge in [0, 0.05) is 23.2 Å². The van der Waals surface area contributed by atoms with Gasteiger partial charge in [0.05, 0.1) is 20.8 Å². The Morgan fingerprint density at radius 3 is 2.68 bits per heavy atom. The number of nitrogen functional groups attached to an aromatic ring is 1. The standard InChI is InChI=1S/C22H26N4O2/c1-27-19-10-9-17(20(12-19)28-2)13-26-14-24-25-22(26)21(15-5-3-6-15)16-7-4-8-18(23)11-16/h4,7-12,14-15,21H,3,5-6,13,23H2,1-2H3. The van der Waals surface area contributed by atoms with E-state index in [1.165, 1.54) is 24.8 Å². The van der Waals surface area contributed by atoms with Crippen LogP contribution in [0.5, 0.6) is 11.5 Å². The number of ether oxygens (including phenoxy) is 2. The Labute approximate surface area is 165 Å². The summed E-state index contributed by atoms with van der Waals surface area (Å²) in [6.45, 7) is 0.640. The molecule has 3 aromatic rings. The van der Waals surface area contributed by atoms with Crippen LogP contribution in [0.2, 0.25) is 0 Å². The number of benzene rings is 2. The molecule has 28 heavy (non-hydrogen) atoms. The number of hydrogen-bond acceptors (Lipinski definition) is 5. The Bertz CT molecular complexity index is 949. The van der Waals surface area contributed by atoms with Crippen LogP contribution < -0.4 is 15.2 Å². The summed E-state index contributed by atoms with van der Waals surface area (Å²) in [5.41, 5.74) is 9.12. The highest BCUT2D eigenvalue weighted by Gasteiger charge is 2.33. The molecule has 6 heteroatoms. The molecule has 0 saturated heterocycles. The van der Waals surface area contributed by atoms with E-state index in [1.54, 1.807) is 20.5 Å². The van der Waals surface area contributed by atoms with E-state index in [1.807, 2.05) is 30.3 Å². The topological polar surface area (TPSA) is 75.2 Å². The van der Waals surface area contributed by atoms with Gasteiger partial charge in [-0.1, -0.05) is 18.6 Å². The zero-order chi connectivity index (χ0) is 19.5. The van der Waals surface area contributed by atoms with Crippen LogP contribution in [0.3, 0.4) is 0 Å². The number of nitrogens with zero attached hydrogens (tertiary/aromatic N) is 3. The van der Waals surface area contributed by atoms with Crippen LogP contribution in [0.1, 0.15) is 42.1 Å². The minimum Gasteiger partial charge on any atom is -0.497 e. The number of aromatic nitrogens is 3. The summed E-state index contributed by atoms with van der Waals surface area (Å²) in [4.78, 5) is 0. The maximum absolute atomic E-state index is 6.07. The molecule has 0 aliphatic heterocycles. The number of methoxy groups -OCH3 is 2. The molecule has 0 bridgehead atoms. The number of anilines is 1. The van der Waals surface area contributed by atoms with Gasteiger partial charge in [-0.05, 0) is 48.6 Å². The molecule has 1 aromatic heterocycles. The molecule has 6 nitrogen and oxygen atoms in total. The van der Waals surface area contributed by atoms with E-state index in [-0.39, 0.29) is 5.92 Å². The van der Waals surface area contributed by atoms with Gasteiger partial charge in [0.15, 0.2) is 0 Å². The summed E-state index contributed by atoms with van der Waals surface area (Å²) >= 11 is 0. The smallest absolute Gasteiger partial charge is 0.140 e. The van der Waals surface area contributed by atoms with Gasteiger partial charge >= 0.3 is 0 Å². The lowest BCUT2D eigenvalue weighted by atomic mass is 9.72. The predicted molar refractivity (Wildman–Crippen MR) is 109 cm³/mol. The predicted octanol–water partition coefficient (Wildman–Crippen LogP) is 3.86. The number of hydrogen-bond donors (Lipinski definition) is 1. The first-order valence-electron chi connectivity index (χ1n) is 9.63. The number of nitrogens with two attached hydrogens (primary N) is 1. The zero-order valence-corrected chi connectivity index (χ0v) is 16.3. The molecule has 1 atom stereocenters. The van der Waals surface area contributed by atoms with Gasteiger partial charge in [-0.15, -0.1) is 10.2 Å². The van der Waals surface area contributed by atoms with E-state index in [4.69, 9.17) is 15.2 Å². The molecule has 1 unspecified atom stereocenters. The van der Waals surface area contributed by atoms with Crippen molar-refractivity contribution in [3.63, 3.8) is 0 Å². The molecular weight excluding hydrogens is 352 g/mol. The van der Waals surface area contributed by atoms with Crippen LogP contribution in [0, 0.1) is 5.92 Å². The van der Waals surface area contributed by atoms with Gasteiger partial charge in [-0.2, -0.15) is 0 Å². The van der Waals surface area contributed by atoms with Crippen LogP contribution in [-0.2, 0) is 6.54 Å². The van der Waals surface area contributed by atoms with Crippen molar-refractivity contribution in [2.24, 2.45) is 5.92 Å². The third-order valence-corrected chi connectivity index (χ3v) is 5.65. The SMILES string of the molecule is COc1ccc(Cn2cnnc2C(c2cccc(N)c2)C2CCC2)c(OC)c1. The average molecular weight is 378 g/mol. The van der Waals surface area contributed by atoms with Crippen LogP contribution in [-0.4, -0.2) is 29.0 Å². The Morgan fingerprint density at radius 1 is 1.14 bits per heavy atom. The molecule has 1 aliphatic carbocycles. The number of rotatable bonds is 7. The summed E-state index contributed by atoms with van der Waals surface area (Å²) in [6, 6.07) is 14.0. The van der Waals surface area contributed by atoms with Crippen molar-refractivity contribution in [2.75, 3.05) is 20.0 Å². The first-order valence-corrected chi connectivity index (χ1v) is 9.63. The van der Waals surface area contributed by atoms with Crippen LogP contribution >= 0.6 is 0 Å². The summed E-state index contributed by atoms with van der Waals surface area (Å²) in [5.74, 6) is 3.32. The Morgan fingerprint density at radius 2 is 2.00 bits per heavy atom. The first kappa shape index (κ1) is 18.3. The highest BCUT2D eigenvalue weighted by atomic mass is 16.5. The Hall–Kier alpha value is -3.02. The molecule has 0 amide bonds. The fraction of sp³-hybridized carbons (Fsp3) is 0.364. The second kappa shape index (κ2) is 7.92. The normalized spacial score (nSPS) is 15.1. The average Bonchev–Trinajstić information content (AvgIpc) is 3.12. The Balaban J connectivity index is 1.69. The summed E-state index contributed by atoms with van der Waals surface area (Å²) in [7, 11) is 3.33. The molecule has 1 heterocycles. The van der Waals surface area contributed by atoms with Crippen molar-refractivity contribution >= 4 is 5.69 Å². The molecule has 0 spiro atoms. The van der Waals surface area contributed by atoms with Gasteiger partial charge in [-0.25, -0.2) is 0 Å². The van der Waals surface area contributed by atoms with Crippen molar-refractivity contribution in [1.29, 1.82) is 0 Å². The van der Waals surface area contributed by atoms with Crippen LogP contribution in [0.4, 0.5) is 5.69 Å². The lowest BCUT2D eigenvalue weighted by Gasteiger charge is -2.33. The minimum atomic E-state index is 0.198. The van der Waals surface area contributed by atoms with Gasteiger partial charge in [-0.3, -0.25) is 0 Å². The van der Waals surface area contributed by atoms with E-state index >= 15 is 0 Å². The lowest BCUT2D eigenvalue weighted by molar-refractivity contribution is 0.274. The lowest BCUT2D eigenvalue weighted by Crippen LogP contribution is -2.24. The summed E-state index contributed by atoms with van der Waals surface area (Å²) in [6.07, 6.45) is 5.48. The van der Waals surface area contributed by atoms with E-state index < -0.39 is 0 Å². The summed E-state index contributed by atoms with van der Waals surface area (Å²) in [5, 5.41) is 8.75. The van der Waals surface area contributed by atoms with Gasteiger partial charge in [0.2, 0.25) is 0 Å². The zero-order valence-electron chi connectivity index (χ0n) is 16.3. The van der Waals surface area contributed by atoms with E-state index in [9.17, 15) is 0 Å². The third-order valence-electron chi connectivity index (χ3n) is 5.65. The maximum Gasteiger partial charge on any atom is 0.140 e. The molecule has 2 N–H and O–H groups in total. The third kappa shape index (κ3) is 3.54. The summed E-state index contributed by atoms with van der Waals surface area (Å²) < 4.78 is 13.0. The van der Waals surface area contributed by atoms with Crippen molar-refractivity contribution in [3.8, 4) is 11.5 Å². The van der Waals surface area contributed by atoms with Crippen molar-refractivity contribution in [1.82, 2.24) is 14.8 Å². The fourth-order valence-corrected chi connectivity index (χ4v) is 3.95. The monoisotopic (exact) mass is 378 g/mol. The highest BCUT2D eigenvalue weighted by Crippen LogP contribution is 2.43.